The lowest BCUT2D eigenvalue weighted by molar-refractivity contribution is 0.0778. The van der Waals surface area contributed by atoms with Crippen molar-refractivity contribution < 1.29 is 14.3 Å². The van der Waals surface area contributed by atoms with E-state index in [1.807, 2.05) is 11.0 Å². The number of benzene rings is 1. The second kappa shape index (κ2) is 5.93. The molecule has 5 nitrogen and oxygen atoms in total. The van der Waals surface area contributed by atoms with Crippen molar-refractivity contribution in [3.8, 4) is 11.5 Å². The summed E-state index contributed by atoms with van der Waals surface area (Å²) >= 11 is 0. The van der Waals surface area contributed by atoms with Crippen LogP contribution in [-0.2, 0) is 0 Å². The standard InChI is InChI=1S/C16H22N2O3/c1-20-13-6-3-7-14(21-2)15(13)16(19)18-9-11-5-4-8-17-12(11)10-18/h3,6-7,11-12,17H,4-5,8-10H2,1-2H3/t11-,12+/m0/s1. The summed E-state index contributed by atoms with van der Waals surface area (Å²) in [6.07, 6.45) is 2.39. The van der Waals surface area contributed by atoms with E-state index in [1.54, 1.807) is 26.4 Å². The molecule has 3 rings (SSSR count). The van der Waals surface area contributed by atoms with Gasteiger partial charge >= 0.3 is 0 Å². The Morgan fingerprint density at radius 3 is 2.57 bits per heavy atom. The summed E-state index contributed by atoms with van der Waals surface area (Å²) < 4.78 is 10.7. The lowest BCUT2D eigenvalue weighted by Gasteiger charge is -2.24. The van der Waals surface area contributed by atoms with Crippen molar-refractivity contribution in [3.63, 3.8) is 0 Å². The van der Waals surface area contributed by atoms with Crippen molar-refractivity contribution in [2.45, 2.75) is 18.9 Å². The molecule has 1 aromatic rings. The van der Waals surface area contributed by atoms with Crippen LogP contribution in [0.25, 0.3) is 0 Å². The second-order valence-electron chi connectivity index (χ2n) is 5.71. The first-order valence-corrected chi connectivity index (χ1v) is 7.48. The van der Waals surface area contributed by atoms with E-state index in [0.717, 1.165) is 19.6 Å². The molecule has 2 heterocycles. The van der Waals surface area contributed by atoms with Crippen molar-refractivity contribution >= 4 is 5.91 Å². The predicted molar refractivity (Wildman–Crippen MR) is 80.0 cm³/mol. The molecule has 0 spiro atoms. The fourth-order valence-corrected chi connectivity index (χ4v) is 3.43. The maximum absolute atomic E-state index is 12.9. The van der Waals surface area contributed by atoms with Gasteiger partial charge in [0.05, 0.1) is 14.2 Å². The number of likely N-dealkylation sites (tertiary alicyclic amines) is 1. The Labute approximate surface area is 125 Å². The molecule has 2 atom stereocenters. The molecule has 0 bridgehead atoms. The van der Waals surface area contributed by atoms with Crippen LogP contribution in [-0.4, -0.2) is 50.7 Å². The van der Waals surface area contributed by atoms with E-state index >= 15 is 0 Å². The molecule has 2 aliphatic heterocycles. The van der Waals surface area contributed by atoms with Gasteiger partial charge in [0, 0.05) is 19.1 Å². The van der Waals surface area contributed by atoms with E-state index in [0.29, 0.717) is 29.0 Å². The van der Waals surface area contributed by atoms with Gasteiger partial charge in [-0.25, -0.2) is 0 Å². The third-order valence-electron chi connectivity index (χ3n) is 4.53. The van der Waals surface area contributed by atoms with Crippen molar-refractivity contribution in [2.24, 2.45) is 5.92 Å². The van der Waals surface area contributed by atoms with Crippen molar-refractivity contribution in [1.29, 1.82) is 0 Å². The number of ether oxygens (including phenoxy) is 2. The summed E-state index contributed by atoms with van der Waals surface area (Å²) in [5.41, 5.74) is 0.529. The third kappa shape index (κ3) is 2.58. The highest BCUT2D eigenvalue weighted by Crippen LogP contribution is 2.32. The molecule has 1 amide bonds. The Morgan fingerprint density at radius 1 is 1.24 bits per heavy atom. The topological polar surface area (TPSA) is 50.8 Å². The SMILES string of the molecule is COc1cccc(OC)c1C(=O)N1C[C@@H]2CCCN[C@@H]2C1. The van der Waals surface area contributed by atoms with Crippen LogP contribution < -0.4 is 14.8 Å². The Bertz CT molecular complexity index is 496. The molecular formula is C16H22N2O3. The summed E-state index contributed by atoms with van der Waals surface area (Å²) in [5, 5.41) is 3.52. The van der Waals surface area contributed by atoms with Gasteiger partial charge in [-0.05, 0) is 37.4 Å². The molecule has 0 saturated carbocycles. The van der Waals surface area contributed by atoms with Crippen LogP contribution >= 0.6 is 0 Å². The summed E-state index contributed by atoms with van der Waals surface area (Å²) in [7, 11) is 3.16. The lowest BCUT2D eigenvalue weighted by atomic mass is 9.94. The number of fused-ring (bicyclic) bond motifs is 1. The van der Waals surface area contributed by atoms with Gasteiger partial charge in [-0.15, -0.1) is 0 Å². The minimum atomic E-state index is 0.000463. The minimum Gasteiger partial charge on any atom is -0.496 e. The van der Waals surface area contributed by atoms with Crippen molar-refractivity contribution in [3.05, 3.63) is 23.8 Å². The van der Waals surface area contributed by atoms with Gasteiger partial charge in [-0.1, -0.05) is 6.07 Å². The highest BCUT2D eigenvalue weighted by atomic mass is 16.5. The zero-order chi connectivity index (χ0) is 14.8. The zero-order valence-electron chi connectivity index (χ0n) is 12.6. The van der Waals surface area contributed by atoms with Crippen LogP contribution in [0.5, 0.6) is 11.5 Å². The fraction of sp³-hybridized carbons (Fsp3) is 0.562. The minimum absolute atomic E-state index is 0.000463. The Balaban J connectivity index is 1.85. The predicted octanol–water partition coefficient (Wildman–Crippen LogP) is 1.53. The van der Waals surface area contributed by atoms with Gasteiger partial charge in [0.2, 0.25) is 0 Å². The molecule has 0 aromatic heterocycles. The normalized spacial score (nSPS) is 24.6. The van der Waals surface area contributed by atoms with E-state index in [1.165, 1.54) is 12.8 Å². The van der Waals surface area contributed by atoms with Crippen LogP contribution in [0.3, 0.4) is 0 Å². The number of carbonyl (C=O) groups excluding carboxylic acids is 1. The molecule has 2 fully saturated rings. The van der Waals surface area contributed by atoms with Gasteiger partial charge in [-0.2, -0.15) is 0 Å². The van der Waals surface area contributed by atoms with Crippen LogP contribution in [0.2, 0.25) is 0 Å². The summed E-state index contributed by atoms with van der Waals surface area (Å²) in [6.45, 7) is 2.64. The molecule has 0 aliphatic carbocycles. The Morgan fingerprint density at radius 2 is 1.95 bits per heavy atom. The van der Waals surface area contributed by atoms with Gasteiger partial charge in [0.25, 0.3) is 5.91 Å². The number of nitrogens with zero attached hydrogens (tertiary/aromatic N) is 1. The largest absolute Gasteiger partial charge is 0.496 e. The van der Waals surface area contributed by atoms with E-state index < -0.39 is 0 Å². The lowest BCUT2D eigenvalue weighted by Crippen LogP contribution is -2.41. The average molecular weight is 290 g/mol. The molecule has 2 saturated heterocycles. The van der Waals surface area contributed by atoms with E-state index in [4.69, 9.17) is 9.47 Å². The third-order valence-corrected chi connectivity index (χ3v) is 4.53. The summed E-state index contributed by atoms with van der Waals surface area (Å²) in [4.78, 5) is 14.8. The van der Waals surface area contributed by atoms with E-state index in [-0.39, 0.29) is 5.91 Å². The van der Waals surface area contributed by atoms with Crippen LogP contribution in [0.4, 0.5) is 0 Å². The Hall–Kier alpha value is -1.75. The number of methoxy groups -OCH3 is 2. The number of hydrogen-bond donors (Lipinski definition) is 1. The second-order valence-corrected chi connectivity index (χ2v) is 5.71. The number of piperidine rings is 1. The van der Waals surface area contributed by atoms with Gasteiger partial charge < -0.3 is 19.7 Å². The van der Waals surface area contributed by atoms with E-state index in [2.05, 4.69) is 5.32 Å². The molecule has 0 radical (unpaired) electrons. The first-order valence-electron chi connectivity index (χ1n) is 7.48. The molecule has 114 valence electrons. The van der Waals surface area contributed by atoms with Gasteiger partial charge in [-0.3, -0.25) is 4.79 Å². The average Bonchev–Trinajstić information content (AvgIpc) is 2.97. The number of carbonyl (C=O) groups is 1. The highest BCUT2D eigenvalue weighted by molar-refractivity contribution is 6.00. The monoisotopic (exact) mass is 290 g/mol. The molecular weight excluding hydrogens is 268 g/mol. The van der Waals surface area contributed by atoms with Gasteiger partial charge in [0.1, 0.15) is 17.1 Å². The quantitative estimate of drug-likeness (QED) is 0.917. The molecule has 1 N–H and O–H groups in total. The van der Waals surface area contributed by atoms with Crippen molar-refractivity contribution in [2.75, 3.05) is 33.9 Å². The van der Waals surface area contributed by atoms with Gasteiger partial charge in [0.15, 0.2) is 0 Å². The van der Waals surface area contributed by atoms with E-state index in [9.17, 15) is 4.79 Å². The first-order chi connectivity index (χ1) is 10.2. The first kappa shape index (κ1) is 14.2. The number of amides is 1. The Kier molecular flexibility index (Phi) is 4.01. The molecule has 1 aromatic carbocycles. The summed E-state index contributed by atoms with van der Waals surface area (Å²) in [5.74, 6) is 1.72. The number of rotatable bonds is 3. The van der Waals surface area contributed by atoms with Crippen molar-refractivity contribution in [1.82, 2.24) is 10.2 Å². The summed E-state index contributed by atoms with van der Waals surface area (Å²) in [6, 6.07) is 5.87. The van der Waals surface area contributed by atoms with Crippen LogP contribution in [0, 0.1) is 5.92 Å². The molecule has 21 heavy (non-hydrogen) atoms. The van der Waals surface area contributed by atoms with Crippen LogP contribution in [0.1, 0.15) is 23.2 Å². The molecule has 5 heteroatoms. The maximum Gasteiger partial charge on any atom is 0.261 e. The smallest absolute Gasteiger partial charge is 0.261 e. The molecule has 0 unspecified atom stereocenters. The van der Waals surface area contributed by atoms with Crippen LogP contribution in [0.15, 0.2) is 18.2 Å². The highest BCUT2D eigenvalue weighted by Gasteiger charge is 2.38. The fourth-order valence-electron chi connectivity index (χ4n) is 3.43. The molecule has 2 aliphatic rings. The number of nitrogens with one attached hydrogen (secondary N) is 1. The maximum atomic E-state index is 12.9. The number of hydrogen-bond acceptors (Lipinski definition) is 4. The zero-order valence-corrected chi connectivity index (χ0v) is 12.6.